The van der Waals surface area contributed by atoms with Gasteiger partial charge in [0.25, 0.3) is 11.8 Å². The van der Waals surface area contributed by atoms with Gasteiger partial charge in [-0.25, -0.2) is 0 Å². The molecule has 7 nitrogen and oxygen atoms in total. The number of fused-ring (bicyclic) bond motifs is 1. The number of amides is 2. The van der Waals surface area contributed by atoms with Crippen molar-refractivity contribution in [1.82, 2.24) is 20.4 Å². The topological polar surface area (TPSA) is 96.3 Å². The van der Waals surface area contributed by atoms with Crippen molar-refractivity contribution in [1.29, 1.82) is 0 Å². The summed E-state index contributed by atoms with van der Waals surface area (Å²) in [5.74, 6) is -0.491. The molecule has 2 unspecified atom stereocenters. The van der Waals surface area contributed by atoms with E-state index in [1.807, 2.05) is 0 Å². The van der Waals surface area contributed by atoms with Gasteiger partial charge in [0.05, 0.1) is 17.7 Å². The Hall–Kier alpha value is -2.88. The minimum Gasteiger partial charge on any atom is -0.393 e. The van der Waals surface area contributed by atoms with Crippen LogP contribution in [0.1, 0.15) is 57.9 Å². The Morgan fingerprint density at radius 1 is 1.19 bits per heavy atom. The van der Waals surface area contributed by atoms with Crippen molar-refractivity contribution in [2.45, 2.75) is 44.1 Å². The lowest BCUT2D eigenvalue weighted by Gasteiger charge is -2.18. The van der Waals surface area contributed by atoms with Gasteiger partial charge >= 0.3 is 6.18 Å². The molecule has 2 aliphatic rings. The van der Waals surface area contributed by atoms with Crippen molar-refractivity contribution in [3.8, 4) is 0 Å². The number of hydrogen-bond acceptors (Lipinski definition) is 4. The lowest BCUT2D eigenvalue weighted by molar-refractivity contribution is -0.137. The molecular formula is C21H23F3N4O3. The summed E-state index contributed by atoms with van der Waals surface area (Å²) in [6.45, 7) is 1.62. The first-order valence-electron chi connectivity index (χ1n) is 10.1. The Kier molecular flexibility index (Phi) is 5.28. The number of aliphatic hydroxyl groups is 1. The Balaban J connectivity index is 1.63. The molecule has 2 amide bonds. The molecule has 4 rings (SSSR count). The number of nitrogens with zero attached hydrogens (tertiary/aromatic N) is 2. The predicted molar refractivity (Wildman–Crippen MR) is 104 cm³/mol. The summed E-state index contributed by atoms with van der Waals surface area (Å²) >= 11 is 0. The summed E-state index contributed by atoms with van der Waals surface area (Å²) in [5.41, 5.74) is -0.403. The van der Waals surface area contributed by atoms with Crippen LogP contribution in [0.15, 0.2) is 30.3 Å². The monoisotopic (exact) mass is 436 g/mol. The number of halogens is 3. The highest BCUT2D eigenvalue weighted by atomic mass is 19.4. The second kappa shape index (κ2) is 7.67. The zero-order valence-corrected chi connectivity index (χ0v) is 17.0. The number of benzene rings is 1. The third kappa shape index (κ3) is 4.04. The fraction of sp³-hybridized carbons (Fsp3) is 0.476. The summed E-state index contributed by atoms with van der Waals surface area (Å²) in [6, 6.07) is 5.38. The second-order valence-electron chi connectivity index (χ2n) is 8.19. The van der Waals surface area contributed by atoms with E-state index in [1.54, 1.807) is 6.92 Å². The van der Waals surface area contributed by atoms with Crippen LogP contribution in [0, 0.1) is 11.8 Å². The van der Waals surface area contributed by atoms with Crippen LogP contribution in [0.5, 0.6) is 0 Å². The average molecular weight is 436 g/mol. The number of alkyl halides is 3. The van der Waals surface area contributed by atoms with Crippen molar-refractivity contribution in [3.63, 3.8) is 0 Å². The molecule has 0 radical (unpaired) electrons. The van der Waals surface area contributed by atoms with Gasteiger partial charge in [0, 0.05) is 19.2 Å². The number of carbonyl (C=O) groups excluding carboxylic acids is 2. The van der Waals surface area contributed by atoms with Crippen LogP contribution in [0.2, 0.25) is 0 Å². The van der Waals surface area contributed by atoms with Crippen LogP contribution in [-0.4, -0.2) is 45.9 Å². The van der Waals surface area contributed by atoms with Gasteiger partial charge in [0.1, 0.15) is 5.69 Å². The largest absolute Gasteiger partial charge is 0.416 e. The van der Waals surface area contributed by atoms with Gasteiger partial charge in [-0.15, -0.1) is 0 Å². The Bertz CT molecular complexity index is 1010. The molecule has 2 aromatic rings. The summed E-state index contributed by atoms with van der Waals surface area (Å²) < 4.78 is 40.7. The second-order valence-corrected chi connectivity index (χ2v) is 8.19. The zero-order valence-electron chi connectivity index (χ0n) is 17.0. The third-order valence-electron chi connectivity index (χ3n) is 6.21. The number of rotatable bonds is 5. The molecule has 0 saturated heterocycles. The van der Waals surface area contributed by atoms with Crippen LogP contribution in [0.4, 0.5) is 13.2 Å². The molecule has 0 spiro atoms. The number of aromatic nitrogens is 2. The van der Waals surface area contributed by atoms with Crippen molar-refractivity contribution < 1.29 is 27.9 Å². The highest BCUT2D eigenvalue weighted by Gasteiger charge is 2.56. The highest BCUT2D eigenvalue weighted by Crippen LogP contribution is 2.52. The van der Waals surface area contributed by atoms with E-state index in [0.29, 0.717) is 18.4 Å². The van der Waals surface area contributed by atoms with Crippen molar-refractivity contribution in [2.24, 2.45) is 11.8 Å². The highest BCUT2D eigenvalue weighted by molar-refractivity contribution is 5.98. The summed E-state index contributed by atoms with van der Waals surface area (Å²) in [6.07, 6.45) is -3.56. The Morgan fingerprint density at radius 3 is 2.48 bits per heavy atom. The molecule has 31 heavy (non-hydrogen) atoms. The van der Waals surface area contributed by atoms with E-state index in [1.165, 1.54) is 29.9 Å². The van der Waals surface area contributed by atoms with Crippen LogP contribution >= 0.6 is 0 Å². The molecule has 2 saturated carbocycles. The van der Waals surface area contributed by atoms with Gasteiger partial charge < -0.3 is 15.7 Å². The number of nitrogens with one attached hydrogen (secondary N) is 2. The van der Waals surface area contributed by atoms with Crippen molar-refractivity contribution in [2.75, 3.05) is 7.05 Å². The van der Waals surface area contributed by atoms with Gasteiger partial charge in [0.2, 0.25) is 0 Å². The normalized spacial score (nSPS) is 25.6. The minimum atomic E-state index is -4.50. The fourth-order valence-electron chi connectivity index (χ4n) is 4.47. The number of carbonyl (C=O) groups is 2. The molecule has 1 heterocycles. The van der Waals surface area contributed by atoms with Crippen LogP contribution in [0.25, 0.3) is 0 Å². The number of aliphatic hydroxyl groups excluding tert-OH is 1. The van der Waals surface area contributed by atoms with Gasteiger partial charge in [-0.3, -0.25) is 14.3 Å². The lowest BCUT2D eigenvalue weighted by Crippen LogP contribution is -2.32. The van der Waals surface area contributed by atoms with Crippen LogP contribution < -0.4 is 10.6 Å². The SMILES string of the molecule is CNC(=O)c1cc(C(=O)NC2[C@H]3CC(O)C[C@@H]23)n([C@H](C)c2cccc(C(F)(F)F)c2)n1. The predicted octanol–water partition coefficient (Wildman–Crippen LogP) is 2.37. The molecule has 1 aromatic heterocycles. The molecule has 2 fully saturated rings. The molecule has 0 aliphatic heterocycles. The molecule has 0 bridgehead atoms. The Morgan fingerprint density at radius 2 is 1.87 bits per heavy atom. The van der Waals surface area contributed by atoms with E-state index in [9.17, 15) is 27.9 Å². The fourth-order valence-corrected chi connectivity index (χ4v) is 4.47. The molecule has 3 N–H and O–H groups in total. The van der Waals surface area contributed by atoms with E-state index in [4.69, 9.17) is 0 Å². The number of hydrogen-bond donors (Lipinski definition) is 3. The molecule has 10 heteroatoms. The third-order valence-corrected chi connectivity index (χ3v) is 6.21. The van der Waals surface area contributed by atoms with Crippen molar-refractivity contribution in [3.05, 3.63) is 52.8 Å². The first-order valence-corrected chi connectivity index (χ1v) is 10.1. The van der Waals surface area contributed by atoms with E-state index in [0.717, 1.165) is 12.1 Å². The maximum absolute atomic E-state index is 13.1. The van der Waals surface area contributed by atoms with Gasteiger partial charge in [-0.1, -0.05) is 12.1 Å². The van der Waals surface area contributed by atoms with Crippen LogP contribution in [0.3, 0.4) is 0 Å². The van der Waals surface area contributed by atoms with Crippen LogP contribution in [-0.2, 0) is 6.18 Å². The summed E-state index contributed by atoms with van der Waals surface area (Å²) in [5, 5.41) is 19.2. The van der Waals surface area contributed by atoms with Gasteiger partial charge in [-0.05, 0) is 49.3 Å². The Labute approximate surface area is 176 Å². The molecule has 166 valence electrons. The van der Waals surface area contributed by atoms with Gasteiger partial charge in [0.15, 0.2) is 5.69 Å². The zero-order chi connectivity index (χ0) is 22.5. The van der Waals surface area contributed by atoms with E-state index in [2.05, 4.69) is 15.7 Å². The van der Waals surface area contributed by atoms with Crippen molar-refractivity contribution >= 4 is 11.8 Å². The molecule has 1 aromatic carbocycles. The summed E-state index contributed by atoms with van der Waals surface area (Å²) in [4.78, 5) is 25.0. The first kappa shape index (κ1) is 21.4. The van der Waals surface area contributed by atoms with E-state index >= 15 is 0 Å². The maximum Gasteiger partial charge on any atom is 0.416 e. The minimum absolute atomic E-state index is 0.00195. The first-order chi connectivity index (χ1) is 14.6. The average Bonchev–Trinajstić information content (AvgIpc) is 3.10. The van der Waals surface area contributed by atoms with E-state index in [-0.39, 0.29) is 35.4 Å². The standard InChI is InChI=1S/C21H23F3N4O3/c1-10(11-4-3-5-12(6-11)21(22,23)24)28-17(9-16(27-28)19(30)25-2)20(31)26-18-14-7-13(29)8-15(14)18/h3-6,9-10,13-15,18,29H,7-8H2,1-2H3,(H,25,30)(H,26,31)/t10-,13?,14-,15+,18?/m1/s1. The maximum atomic E-state index is 13.1. The summed E-state index contributed by atoms with van der Waals surface area (Å²) in [7, 11) is 1.42. The van der Waals surface area contributed by atoms with E-state index < -0.39 is 29.6 Å². The lowest BCUT2D eigenvalue weighted by atomic mass is 10.0. The molecular weight excluding hydrogens is 413 g/mol. The smallest absolute Gasteiger partial charge is 0.393 e. The molecule has 2 aliphatic carbocycles. The quantitative estimate of drug-likeness (QED) is 0.671. The molecule has 5 atom stereocenters. The van der Waals surface area contributed by atoms with Gasteiger partial charge in [-0.2, -0.15) is 18.3 Å².